The van der Waals surface area contributed by atoms with E-state index in [9.17, 15) is 19.2 Å². The molecule has 3 heterocycles. The average molecular weight is 741 g/mol. The molecule has 1 aromatic rings. The van der Waals surface area contributed by atoms with Crippen LogP contribution in [0.1, 0.15) is 98.8 Å². The van der Waals surface area contributed by atoms with Crippen LogP contribution in [0.4, 0.5) is 4.79 Å². The first kappa shape index (κ1) is 38.6. The van der Waals surface area contributed by atoms with E-state index in [4.69, 9.17) is 0 Å². The number of carbonyl (C=O) groups excluding carboxylic acids is 4. The van der Waals surface area contributed by atoms with Crippen LogP contribution in [-0.4, -0.2) is 91.5 Å². The number of amides is 4. The first-order valence-corrected chi connectivity index (χ1v) is 22.2. The summed E-state index contributed by atoms with van der Waals surface area (Å²) in [6.45, 7) is 5.61. The van der Waals surface area contributed by atoms with Gasteiger partial charge in [-0.25, -0.2) is 4.79 Å². The second-order valence-electron chi connectivity index (χ2n) is 12.5. The fourth-order valence-corrected chi connectivity index (χ4v) is 13.2. The number of carbonyl (C=O) groups is 4. The molecule has 0 aromatic heterocycles. The maximum absolute atomic E-state index is 12.9. The summed E-state index contributed by atoms with van der Waals surface area (Å²) < 4.78 is 0.288. The molecule has 3 aliphatic heterocycles. The first-order valence-electron chi connectivity index (χ1n) is 17.2. The van der Waals surface area contributed by atoms with Gasteiger partial charge in [0.2, 0.25) is 5.91 Å². The third kappa shape index (κ3) is 13.2. The Bertz CT molecular complexity index is 1170. The van der Waals surface area contributed by atoms with Crippen molar-refractivity contribution in [1.82, 2.24) is 21.3 Å². The highest BCUT2D eigenvalue weighted by Crippen LogP contribution is 2.50. The highest BCUT2D eigenvalue weighted by molar-refractivity contribution is 8.34. The molecular formula is C34H52N4O4S5. The second-order valence-corrected chi connectivity index (χ2v) is 20.5. The molecule has 13 heteroatoms. The number of rotatable bonds is 21. The Morgan fingerprint density at radius 3 is 2.36 bits per heavy atom. The maximum atomic E-state index is 12.9. The Morgan fingerprint density at radius 2 is 1.62 bits per heavy atom. The van der Waals surface area contributed by atoms with Gasteiger partial charge in [0.1, 0.15) is 3.41 Å². The first-order chi connectivity index (χ1) is 22.7. The van der Waals surface area contributed by atoms with Crippen molar-refractivity contribution in [2.45, 2.75) is 104 Å². The van der Waals surface area contributed by atoms with Crippen LogP contribution < -0.4 is 21.3 Å². The smallest absolute Gasteiger partial charge is 0.315 e. The molecule has 3 saturated heterocycles. The number of urea groups is 1. The number of hydrogen-bond acceptors (Lipinski definition) is 9. The van der Waals surface area contributed by atoms with Crippen LogP contribution in [0.3, 0.4) is 0 Å². The molecule has 4 N–H and O–H groups in total. The third-order valence-electron chi connectivity index (χ3n) is 8.63. The summed E-state index contributed by atoms with van der Waals surface area (Å²) in [7, 11) is 0. The van der Waals surface area contributed by atoms with Crippen LogP contribution in [0.25, 0.3) is 0 Å². The normalized spacial score (nSPS) is 22.2. The van der Waals surface area contributed by atoms with E-state index in [0.717, 1.165) is 68.6 Å². The lowest BCUT2D eigenvalue weighted by molar-refractivity contribution is -0.121. The molecule has 4 atom stereocenters. The van der Waals surface area contributed by atoms with Gasteiger partial charge in [0, 0.05) is 41.6 Å². The molecule has 1 aromatic carbocycles. The van der Waals surface area contributed by atoms with Crippen LogP contribution in [0.5, 0.6) is 0 Å². The summed E-state index contributed by atoms with van der Waals surface area (Å²) >= 11 is 9.81. The number of benzene rings is 1. The molecule has 3 fully saturated rings. The summed E-state index contributed by atoms with van der Waals surface area (Å²) in [5.41, 5.74) is 1.23. The number of nitrogens with one attached hydrogen (secondary N) is 4. The van der Waals surface area contributed by atoms with Crippen molar-refractivity contribution in [3.05, 3.63) is 35.4 Å². The van der Waals surface area contributed by atoms with E-state index in [1.807, 2.05) is 30.4 Å². The van der Waals surface area contributed by atoms with E-state index in [2.05, 4.69) is 51.7 Å². The zero-order valence-electron chi connectivity index (χ0n) is 27.8. The van der Waals surface area contributed by atoms with Gasteiger partial charge in [-0.05, 0) is 87.5 Å². The van der Waals surface area contributed by atoms with E-state index in [0.29, 0.717) is 35.9 Å². The molecule has 1 unspecified atom stereocenters. The molecule has 0 aliphatic carbocycles. The van der Waals surface area contributed by atoms with E-state index < -0.39 is 0 Å². The average Bonchev–Trinajstić information content (AvgIpc) is 3.63. The molecule has 4 rings (SSSR count). The van der Waals surface area contributed by atoms with Gasteiger partial charge in [-0.1, -0.05) is 31.4 Å². The molecule has 0 saturated carbocycles. The molecule has 47 heavy (non-hydrogen) atoms. The minimum atomic E-state index is -0.116. The van der Waals surface area contributed by atoms with Crippen molar-refractivity contribution in [3.63, 3.8) is 0 Å². The van der Waals surface area contributed by atoms with E-state index >= 15 is 0 Å². The largest absolute Gasteiger partial charge is 0.356 e. The van der Waals surface area contributed by atoms with Gasteiger partial charge in [0.05, 0.1) is 17.3 Å². The zero-order valence-corrected chi connectivity index (χ0v) is 31.9. The fourth-order valence-electron chi connectivity index (χ4n) is 5.87. The van der Waals surface area contributed by atoms with Crippen molar-refractivity contribution < 1.29 is 19.2 Å². The van der Waals surface area contributed by atoms with E-state index in [-0.39, 0.29) is 44.4 Å². The number of thioether (sulfide) groups is 5. The van der Waals surface area contributed by atoms with E-state index in [1.54, 1.807) is 36.0 Å². The van der Waals surface area contributed by atoms with Crippen LogP contribution >= 0.6 is 58.8 Å². The Hall–Kier alpha value is -1.15. The van der Waals surface area contributed by atoms with Crippen LogP contribution in [0, 0.1) is 0 Å². The number of unbranched alkanes of at least 4 members (excludes halogenated alkanes) is 4. The molecule has 0 spiro atoms. The summed E-state index contributed by atoms with van der Waals surface area (Å²) in [4.78, 5) is 49.2. The minimum Gasteiger partial charge on any atom is -0.356 e. The predicted octanol–water partition coefficient (Wildman–Crippen LogP) is 6.79. The highest BCUT2D eigenvalue weighted by Gasteiger charge is 2.42. The van der Waals surface area contributed by atoms with Crippen molar-refractivity contribution in [2.75, 3.05) is 41.9 Å². The SMILES string of the molecule is CC(SCCCSC1(C)SCCCS1)C(=O)c1ccc(C(=O)NCCCCCCNC(=O)CCCC[C@@H]2SC[C@@H]3NC(=O)N[C@@H]32)cc1. The minimum absolute atomic E-state index is 0.0529. The van der Waals surface area contributed by atoms with Gasteiger partial charge in [-0.15, -0.1) is 35.3 Å². The van der Waals surface area contributed by atoms with Gasteiger partial charge >= 0.3 is 6.03 Å². The summed E-state index contributed by atoms with van der Waals surface area (Å²) in [6, 6.07) is 7.46. The van der Waals surface area contributed by atoms with Gasteiger partial charge < -0.3 is 21.3 Å². The van der Waals surface area contributed by atoms with Crippen molar-refractivity contribution in [1.29, 1.82) is 0 Å². The molecule has 0 bridgehead atoms. The lowest BCUT2D eigenvalue weighted by atomic mass is 10.0. The van der Waals surface area contributed by atoms with Crippen molar-refractivity contribution in [3.8, 4) is 0 Å². The summed E-state index contributed by atoms with van der Waals surface area (Å²) in [5, 5.41) is 12.3. The monoisotopic (exact) mass is 740 g/mol. The zero-order chi connectivity index (χ0) is 33.5. The van der Waals surface area contributed by atoms with E-state index in [1.165, 1.54) is 17.9 Å². The topological polar surface area (TPSA) is 116 Å². The van der Waals surface area contributed by atoms with Crippen molar-refractivity contribution in [2.24, 2.45) is 0 Å². The third-order valence-corrected chi connectivity index (χ3v) is 16.6. The Labute approximate surface area is 302 Å². The van der Waals surface area contributed by atoms with Gasteiger partial charge in [0.15, 0.2) is 5.78 Å². The Balaban J connectivity index is 0.968. The summed E-state index contributed by atoms with van der Waals surface area (Å²) in [6.07, 6.45) is 9.65. The number of hydrogen-bond donors (Lipinski definition) is 4. The highest BCUT2D eigenvalue weighted by atomic mass is 32.3. The maximum Gasteiger partial charge on any atom is 0.315 e. The van der Waals surface area contributed by atoms with Gasteiger partial charge in [-0.2, -0.15) is 23.5 Å². The fraction of sp³-hybridized carbons (Fsp3) is 0.706. The molecule has 262 valence electrons. The van der Waals surface area contributed by atoms with Crippen LogP contribution in [-0.2, 0) is 4.79 Å². The molecule has 4 amide bonds. The molecule has 0 radical (unpaired) electrons. The lowest BCUT2D eigenvalue weighted by Gasteiger charge is -2.31. The van der Waals surface area contributed by atoms with Gasteiger partial charge in [0.25, 0.3) is 5.91 Å². The number of fused-ring (bicyclic) bond motifs is 1. The lowest BCUT2D eigenvalue weighted by Crippen LogP contribution is -2.36. The summed E-state index contributed by atoms with van der Waals surface area (Å²) in [5.74, 6) is 5.69. The number of ketones is 1. The molecule has 8 nitrogen and oxygen atoms in total. The molecular weight excluding hydrogens is 689 g/mol. The second kappa shape index (κ2) is 20.5. The van der Waals surface area contributed by atoms with Gasteiger partial charge in [-0.3, -0.25) is 14.4 Å². The van der Waals surface area contributed by atoms with Crippen LogP contribution in [0.2, 0.25) is 0 Å². The van der Waals surface area contributed by atoms with Crippen molar-refractivity contribution >= 4 is 82.4 Å². The standard InChI is InChI=1S/C34H52N4O4S5/c1-24(43-19-9-20-45-34(2)46-21-10-22-47-34)31(40)25-13-15-26(16-14-25)32(41)36-18-8-4-3-7-17-35-29(39)12-6-5-11-28-30-27(23-44-28)37-33(42)38-30/h13-16,24,27-28,30H,3-12,17-23H2,1-2H3,(H,35,39)(H,36,41)(H2,37,38,42)/t24?,27-,28-,30-/m0/s1. The van der Waals surface area contributed by atoms with Crippen LogP contribution in [0.15, 0.2) is 24.3 Å². The molecule has 3 aliphatic rings. The Morgan fingerprint density at radius 1 is 0.915 bits per heavy atom. The Kier molecular flexibility index (Phi) is 16.9. The predicted molar refractivity (Wildman–Crippen MR) is 205 cm³/mol. The quantitative estimate of drug-likeness (QED) is 0.0615. The number of Topliss-reactive ketones (excluding diaryl/α,β-unsaturated/α-hetero) is 1.